The molecule has 0 amide bonds. The molecule has 2 atom stereocenters. The molecule has 1 fully saturated rings. The smallest absolute Gasteiger partial charge is 0.194 e. The third kappa shape index (κ3) is 2.25. The maximum absolute atomic E-state index is 4.74. The number of para-hydroxylation sites is 1. The zero-order valence-corrected chi connectivity index (χ0v) is 13.2. The first-order chi connectivity index (χ1) is 10.7. The Labute approximate surface area is 131 Å². The molecule has 3 heterocycles. The second kappa shape index (κ2) is 5.30. The normalized spacial score (nSPS) is 26.3. The summed E-state index contributed by atoms with van der Waals surface area (Å²) in [6, 6.07) is 9.78. The van der Waals surface area contributed by atoms with E-state index in [1.807, 2.05) is 6.20 Å². The van der Waals surface area contributed by atoms with E-state index >= 15 is 0 Å². The maximum atomic E-state index is 4.74. The van der Waals surface area contributed by atoms with Crippen molar-refractivity contribution in [3.05, 3.63) is 30.5 Å². The van der Waals surface area contributed by atoms with Gasteiger partial charge in [0.25, 0.3) is 0 Å². The van der Waals surface area contributed by atoms with Crippen LogP contribution in [0.4, 0.5) is 0 Å². The van der Waals surface area contributed by atoms with Gasteiger partial charge < -0.3 is 10.2 Å². The Balaban J connectivity index is 1.47. The van der Waals surface area contributed by atoms with Crippen molar-refractivity contribution in [2.45, 2.75) is 44.8 Å². The van der Waals surface area contributed by atoms with Crippen LogP contribution < -0.4 is 5.32 Å². The van der Waals surface area contributed by atoms with Gasteiger partial charge in [-0.3, -0.25) is 4.68 Å². The van der Waals surface area contributed by atoms with Crippen molar-refractivity contribution < 1.29 is 0 Å². The Hall–Kier alpha value is -2.04. The number of guanidine groups is 1. The van der Waals surface area contributed by atoms with E-state index in [-0.39, 0.29) is 0 Å². The molecule has 1 aromatic heterocycles. The molecule has 2 unspecified atom stereocenters. The Bertz CT molecular complexity index is 696. The van der Waals surface area contributed by atoms with Crippen molar-refractivity contribution in [2.75, 3.05) is 13.1 Å². The fraction of sp³-hybridized carbons (Fsp3) is 0.529. The topological polar surface area (TPSA) is 45.5 Å². The Morgan fingerprint density at radius 2 is 1.91 bits per heavy atom. The van der Waals surface area contributed by atoms with E-state index in [1.165, 1.54) is 10.9 Å². The summed E-state index contributed by atoms with van der Waals surface area (Å²) in [5, 5.41) is 9.35. The third-order valence-electron chi connectivity index (χ3n) is 5.02. The zero-order valence-electron chi connectivity index (χ0n) is 13.2. The summed E-state index contributed by atoms with van der Waals surface area (Å²) in [6.45, 7) is 6.46. The van der Waals surface area contributed by atoms with Gasteiger partial charge in [-0.15, -0.1) is 0 Å². The van der Waals surface area contributed by atoms with Crippen molar-refractivity contribution >= 4 is 16.9 Å². The number of hydrogen-bond donors (Lipinski definition) is 1. The first-order valence-corrected chi connectivity index (χ1v) is 8.24. The number of nitrogens with zero attached hydrogens (tertiary/aromatic N) is 4. The summed E-state index contributed by atoms with van der Waals surface area (Å²) >= 11 is 0. The van der Waals surface area contributed by atoms with Crippen LogP contribution in [0.1, 0.15) is 32.7 Å². The Morgan fingerprint density at radius 3 is 2.64 bits per heavy atom. The number of nitrogens with one attached hydrogen (secondary N) is 1. The highest BCUT2D eigenvalue weighted by Crippen LogP contribution is 2.26. The lowest BCUT2D eigenvalue weighted by Gasteiger charge is -2.33. The van der Waals surface area contributed by atoms with Gasteiger partial charge in [-0.05, 0) is 32.8 Å². The molecule has 0 aliphatic carbocycles. The molecule has 1 N–H and O–H groups in total. The van der Waals surface area contributed by atoms with E-state index < -0.39 is 0 Å². The van der Waals surface area contributed by atoms with E-state index in [1.54, 1.807) is 0 Å². The zero-order chi connectivity index (χ0) is 15.1. The summed E-state index contributed by atoms with van der Waals surface area (Å²) < 4.78 is 2.21. The first-order valence-electron chi connectivity index (χ1n) is 8.24. The quantitative estimate of drug-likeness (QED) is 0.879. The minimum atomic E-state index is 0.378. The number of fused-ring (bicyclic) bond motifs is 1. The van der Waals surface area contributed by atoms with Crippen LogP contribution in [-0.4, -0.2) is 45.8 Å². The van der Waals surface area contributed by atoms with Gasteiger partial charge in [0.1, 0.15) is 0 Å². The largest absolute Gasteiger partial charge is 0.352 e. The molecule has 116 valence electrons. The van der Waals surface area contributed by atoms with Gasteiger partial charge in [-0.25, -0.2) is 4.99 Å². The van der Waals surface area contributed by atoms with E-state index in [4.69, 9.17) is 4.99 Å². The summed E-state index contributed by atoms with van der Waals surface area (Å²) in [4.78, 5) is 7.13. The summed E-state index contributed by atoms with van der Waals surface area (Å²) in [5.41, 5.74) is 1.25. The highest BCUT2D eigenvalue weighted by atomic mass is 15.4. The van der Waals surface area contributed by atoms with Crippen molar-refractivity contribution in [1.29, 1.82) is 0 Å². The second-order valence-electron chi connectivity index (χ2n) is 6.49. The molecule has 1 aromatic carbocycles. The van der Waals surface area contributed by atoms with Gasteiger partial charge in [-0.1, -0.05) is 18.2 Å². The summed E-state index contributed by atoms with van der Waals surface area (Å²) in [5.74, 6) is 1.09. The monoisotopic (exact) mass is 297 g/mol. The van der Waals surface area contributed by atoms with Crippen LogP contribution >= 0.6 is 0 Å². The maximum Gasteiger partial charge on any atom is 0.194 e. The molecule has 2 aliphatic rings. The van der Waals surface area contributed by atoms with Crippen LogP contribution in [0.25, 0.3) is 10.9 Å². The Kier molecular flexibility index (Phi) is 3.28. The first kappa shape index (κ1) is 13.6. The van der Waals surface area contributed by atoms with E-state index in [0.29, 0.717) is 18.1 Å². The molecular weight excluding hydrogens is 274 g/mol. The van der Waals surface area contributed by atoms with Crippen LogP contribution in [0, 0.1) is 0 Å². The fourth-order valence-electron chi connectivity index (χ4n) is 3.44. The molecule has 2 aliphatic heterocycles. The lowest BCUT2D eigenvalue weighted by atomic mass is 10.1. The highest BCUT2D eigenvalue weighted by molar-refractivity contribution is 5.82. The summed E-state index contributed by atoms with van der Waals surface area (Å²) in [7, 11) is 0. The van der Waals surface area contributed by atoms with Crippen LogP contribution in [-0.2, 0) is 0 Å². The molecule has 0 spiro atoms. The number of aliphatic imine (C=N–C) groups is 1. The van der Waals surface area contributed by atoms with Crippen molar-refractivity contribution in [2.24, 2.45) is 4.99 Å². The average molecular weight is 297 g/mol. The fourth-order valence-corrected chi connectivity index (χ4v) is 3.44. The van der Waals surface area contributed by atoms with Crippen molar-refractivity contribution in [1.82, 2.24) is 20.0 Å². The molecule has 0 bridgehead atoms. The van der Waals surface area contributed by atoms with Gasteiger partial charge in [0, 0.05) is 24.5 Å². The average Bonchev–Trinajstić information content (AvgIpc) is 3.12. The lowest BCUT2D eigenvalue weighted by Crippen LogP contribution is -2.45. The molecule has 4 rings (SSSR count). The predicted octanol–water partition coefficient (Wildman–Crippen LogP) is 2.41. The van der Waals surface area contributed by atoms with Gasteiger partial charge in [0.05, 0.1) is 23.8 Å². The predicted molar refractivity (Wildman–Crippen MR) is 89.1 cm³/mol. The van der Waals surface area contributed by atoms with Crippen LogP contribution in [0.2, 0.25) is 0 Å². The molecule has 22 heavy (non-hydrogen) atoms. The molecule has 5 heteroatoms. The molecule has 0 saturated carbocycles. The number of hydrogen-bond acceptors (Lipinski definition) is 4. The standard InChI is InChI=1S/C17H23N5/c1-12-13(2)20-17(19-12)21-9-7-15(8-10-21)22-16-6-4-3-5-14(16)11-18-22/h3-6,11-13,15H,7-10H2,1-2H3,(H,19,20). The second-order valence-corrected chi connectivity index (χ2v) is 6.49. The van der Waals surface area contributed by atoms with E-state index in [9.17, 15) is 0 Å². The number of benzene rings is 1. The SMILES string of the molecule is CC1N=C(N2CCC(n3ncc4ccccc43)CC2)NC1C. The number of rotatable bonds is 1. The Morgan fingerprint density at radius 1 is 1.14 bits per heavy atom. The minimum Gasteiger partial charge on any atom is -0.352 e. The molecule has 2 aromatic rings. The van der Waals surface area contributed by atoms with E-state index in [0.717, 1.165) is 31.9 Å². The molecular formula is C17H23N5. The van der Waals surface area contributed by atoms with Crippen molar-refractivity contribution in [3.8, 4) is 0 Å². The van der Waals surface area contributed by atoms with Crippen LogP contribution in [0.3, 0.4) is 0 Å². The minimum absolute atomic E-state index is 0.378. The van der Waals surface area contributed by atoms with Gasteiger partial charge in [0.2, 0.25) is 0 Å². The van der Waals surface area contributed by atoms with Gasteiger partial charge >= 0.3 is 0 Å². The highest BCUT2D eigenvalue weighted by Gasteiger charge is 2.28. The third-order valence-corrected chi connectivity index (χ3v) is 5.02. The molecule has 1 saturated heterocycles. The molecule has 5 nitrogen and oxygen atoms in total. The van der Waals surface area contributed by atoms with Gasteiger partial charge in [0.15, 0.2) is 5.96 Å². The van der Waals surface area contributed by atoms with Gasteiger partial charge in [-0.2, -0.15) is 5.10 Å². The van der Waals surface area contributed by atoms with Crippen LogP contribution in [0.5, 0.6) is 0 Å². The number of aromatic nitrogens is 2. The van der Waals surface area contributed by atoms with Crippen molar-refractivity contribution in [3.63, 3.8) is 0 Å². The van der Waals surface area contributed by atoms with E-state index in [2.05, 4.69) is 58.1 Å². The molecule has 0 radical (unpaired) electrons. The number of piperidine rings is 1. The van der Waals surface area contributed by atoms with Crippen LogP contribution in [0.15, 0.2) is 35.5 Å². The summed E-state index contributed by atoms with van der Waals surface area (Å²) in [6.07, 6.45) is 4.22. The lowest BCUT2D eigenvalue weighted by molar-refractivity contribution is 0.254. The number of likely N-dealkylation sites (tertiary alicyclic amines) is 1.